The highest BCUT2D eigenvalue weighted by atomic mass is 31.2. The maximum Gasteiger partial charge on any atom is 0.469 e. The van der Waals surface area contributed by atoms with Gasteiger partial charge in [-0.05, 0) is 44.9 Å². The molecule has 1 unspecified atom stereocenters. The van der Waals surface area contributed by atoms with Gasteiger partial charge in [-0.1, -0.05) is 244 Å². The average molecular weight is 883 g/mol. The zero-order valence-corrected chi connectivity index (χ0v) is 41.0. The number of carbonyl (C=O) groups excluding carboxylic acids is 2. The summed E-state index contributed by atoms with van der Waals surface area (Å²) in [4.78, 5) is 43.1. The molecule has 0 spiro atoms. The van der Waals surface area contributed by atoms with Crippen molar-refractivity contribution in [3.63, 3.8) is 0 Å². The summed E-state index contributed by atoms with van der Waals surface area (Å²) in [5.41, 5.74) is 0. The van der Waals surface area contributed by atoms with Crippen molar-refractivity contribution in [2.75, 3.05) is 13.2 Å². The van der Waals surface area contributed by atoms with Crippen molar-refractivity contribution >= 4 is 19.8 Å². The molecule has 0 amide bonds. The van der Waals surface area contributed by atoms with E-state index in [9.17, 15) is 14.2 Å². The largest absolute Gasteiger partial charge is 0.469 e. The van der Waals surface area contributed by atoms with Gasteiger partial charge < -0.3 is 19.3 Å². The van der Waals surface area contributed by atoms with E-state index in [1.165, 1.54) is 199 Å². The fourth-order valence-corrected chi connectivity index (χ4v) is 8.18. The number of unbranched alkanes of at least 4 members (excludes halogenated alkanes) is 35. The second kappa shape index (κ2) is 48.0. The predicted octanol–water partition coefficient (Wildman–Crippen LogP) is 16.7. The number of esters is 2. The number of ether oxygens (including phenoxy) is 2. The molecule has 0 aromatic heterocycles. The molecule has 0 saturated carbocycles. The lowest BCUT2D eigenvalue weighted by Gasteiger charge is -2.18. The Morgan fingerprint density at radius 3 is 1.08 bits per heavy atom. The standard InChI is InChI=1S/C52H99O8P/c1-3-5-7-9-11-13-15-17-19-21-23-25-26-27-29-31-33-35-37-39-41-43-45-47-52(54)60-50(49-59-61(55,56)57)48-58-51(53)46-44-42-40-38-36-34-32-30-28-24-22-20-18-16-14-12-10-8-6-4-2/h15,17,21,23,50H,3-14,16,18-20,22,24-49H2,1-2H3,(H2,55,56,57)/b17-15-,23-21-. The Morgan fingerprint density at radius 2 is 0.738 bits per heavy atom. The average Bonchev–Trinajstić information content (AvgIpc) is 3.23. The Balaban J connectivity index is 3.78. The van der Waals surface area contributed by atoms with Crippen molar-refractivity contribution in [2.24, 2.45) is 0 Å². The first-order valence-corrected chi connectivity index (χ1v) is 27.7. The molecular formula is C52H99O8P. The monoisotopic (exact) mass is 883 g/mol. The number of phosphoric acid groups is 1. The Morgan fingerprint density at radius 1 is 0.426 bits per heavy atom. The summed E-state index contributed by atoms with van der Waals surface area (Å²) in [5.74, 6) is -0.870. The zero-order chi connectivity index (χ0) is 44.6. The summed E-state index contributed by atoms with van der Waals surface area (Å²) < 4.78 is 26.6. The van der Waals surface area contributed by atoms with Crippen LogP contribution in [0.1, 0.15) is 277 Å². The molecule has 8 nitrogen and oxygen atoms in total. The maximum atomic E-state index is 12.5. The summed E-state index contributed by atoms with van der Waals surface area (Å²) >= 11 is 0. The van der Waals surface area contributed by atoms with Gasteiger partial charge in [0.1, 0.15) is 6.61 Å². The highest BCUT2D eigenvalue weighted by Gasteiger charge is 2.23. The molecular weight excluding hydrogens is 784 g/mol. The second-order valence-corrected chi connectivity index (χ2v) is 19.1. The lowest BCUT2D eigenvalue weighted by atomic mass is 10.0. The number of phosphoric ester groups is 1. The van der Waals surface area contributed by atoms with Crippen molar-refractivity contribution in [2.45, 2.75) is 283 Å². The van der Waals surface area contributed by atoms with Crippen LogP contribution in [0, 0.1) is 0 Å². The first-order chi connectivity index (χ1) is 29.8. The molecule has 0 bridgehead atoms. The summed E-state index contributed by atoms with van der Waals surface area (Å²) in [6, 6.07) is 0. The van der Waals surface area contributed by atoms with Gasteiger partial charge in [-0.25, -0.2) is 4.57 Å². The van der Waals surface area contributed by atoms with Gasteiger partial charge in [0.15, 0.2) is 6.10 Å². The van der Waals surface area contributed by atoms with E-state index in [1.54, 1.807) is 0 Å². The molecule has 0 aliphatic heterocycles. The molecule has 360 valence electrons. The van der Waals surface area contributed by atoms with Crippen LogP contribution in [-0.4, -0.2) is 41.0 Å². The van der Waals surface area contributed by atoms with Crippen LogP contribution in [-0.2, 0) is 28.2 Å². The molecule has 0 radical (unpaired) electrons. The lowest BCUT2D eigenvalue weighted by molar-refractivity contribution is -0.161. The van der Waals surface area contributed by atoms with Gasteiger partial charge in [0.2, 0.25) is 0 Å². The van der Waals surface area contributed by atoms with Crippen molar-refractivity contribution in [1.29, 1.82) is 0 Å². The third-order valence-corrected chi connectivity index (χ3v) is 12.2. The van der Waals surface area contributed by atoms with E-state index in [1.807, 2.05) is 0 Å². The topological polar surface area (TPSA) is 119 Å². The van der Waals surface area contributed by atoms with E-state index in [0.717, 1.165) is 44.9 Å². The molecule has 0 aromatic rings. The number of rotatable bonds is 49. The van der Waals surface area contributed by atoms with Crippen molar-refractivity contribution < 1.29 is 37.9 Å². The molecule has 2 N–H and O–H groups in total. The normalized spacial score (nSPS) is 12.5. The van der Waals surface area contributed by atoms with Gasteiger partial charge in [-0.2, -0.15) is 0 Å². The Bertz CT molecular complexity index is 1040. The van der Waals surface area contributed by atoms with Gasteiger partial charge in [-0.3, -0.25) is 14.1 Å². The van der Waals surface area contributed by atoms with Crippen LogP contribution in [0.3, 0.4) is 0 Å². The number of carbonyl (C=O) groups is 2. The summed E-state index contributed by atoms with van der Waals surface area (Å²) in [6.45, 7) is 3.73. The quantitative estimate of drug-likeness (QED) is 0.0268. The molecule has 0 rings (SSSR count). The van der Waals surface area contributed by atoms with Crippen LogP contribution < -0.4 is 0 Å². The molecule has 61 heavy (non-hydrogen) atoms. The second-order valence-electron chi connectivity index (χ2n) is 17.9. The molecule has 0 fully saturated rings. The van der Waals surface area contributed by atoms with Gasteiger partial charge in [-0.15, -0.1) is 0 Å². The van der Waals surface area contributed by atoms with E-state index in [2.05, 4.69) is 42.7 Å². The van der Waals surface area contributed by atoms with Crippen LogP contribution in [0.25, 0.3) is 0 Å². The fraction of sp³-hybridized carbons (Fsp3) is 0.885. The Labute approximate surface area is 377 Å². The highest BCUT2D eigenvalue weighted by molar-refractivity contribution is 7.46. The highest BCUT2D eigenvalue weighted by Crippen LogP contribution is 2.36. The van der Waals surface area contributed by atoms with Crippen LogP contribution in [0.4, 0.5) is 0 Å². The number of hydrogen-bond donors (Lipinski definition) is 2. The zero-order valence-electron chi connectivity index (χ0n) is 40.1. The molecule has 0 aliphatic rings. The molecule has 0 aliphatic carbocycles. The van der Waals surface area contributed by atoms with Crippen LogP contribution in [0.5, 0.6) is 0 Å². The maximum absolute atomic E-state index is 12.5. The molecule has 9 heteroatoms. The SMILES string of the molecule is CCCCCCC/C=C\C/C=C\CCCCCCCCCCCCCC(=O)OC(COC(=O)CCCCCCCCCCCCCCCCCCCCCC)COP(=O)(O)O. The van der Waals surface area contributed by atoms with Gasteiger partial charge in [0.05, 0.1) is 6.61 Å². The predicted molar refractivity (Wildman–Crippen MR) is 258 cm³/mol. The summed E-state index contributed by atoms with van der Waals surface area (Å²) in [7, 11) is -4.76. The van der Waals surface area contributed by atoms with Crippen molar-refractivity contribution in [3.8, 4) is 0 Å². The van der Waals surface area contributed by atoms with E-state index in [4.69, 9.17) is 19.3 Å². The van der Waals surface area contributed by atoms with Crippen molar-refractivity contribution in [1.82, 2.24) is 0 Å². The Hall–Kier alpha value is -1.47. The third-order valence-electron chi connectivity index (χ3n) is 11.7. The van der Waals surface area contributed by atoms with Crippen LogP contribution in [0.2, 0.25) is 0 Å². The fourth-order valence-electron chi connectivity index (χ4n) is 7.82. The lowest BCUT2D eigenvalue weighted by Crippen LogP contribution is -2.29. The number of allylic oxidation sites excluding steroid dienone is 4. The molecule has 0 aromatic carbocycles. The minimum atomic E-state index is -4.76. The first kappa shape index (κ1) is 59.5. The van der Waals surface area contributed by atoms with Gasteiger partial charge >= 0.3 is 19.8 Å². The third kappa shape index (κ3) is 51.0. The minimum absolute atomic E-state index is 0.213. The summed E-state index contributed by atoms with van der Waals surface area (Å²) in [5, 5.41) is 0. The van der Waals surface area contributed by atoms with Crippen LogP contribution in [0.15, 0.2) is 24.3 Å². The number of hydrogen-bond acceptors (Lipinski definition) is 6. The van der Waals surface area contributed by atoms with Crippen molar-refractivity contribution in [3.05, 3.63) is 24.3 Å². The smallest absolute Gasteiger partial charge is 0.462 e. The van der Waals surface area contributed by atoms with E-state index in [0.29, 0.717) is 6.42 Å². The molecule has 0 saturated heterocycles. The molecule has 1 atom stereocenters. The van der Waals surface area contributed by atoms with Gasteiger partial charge in [0.25, 0.3) is 0 Å². The van der Waals surface area contributed by atoms with E-state index >= 15 is 0 Å². The summed E-state index contributed by atoms with van der Waals surface area (Å²) in [6.07, 6.45) is 57.7. The molecule has 0 heterocycles. The minimum Gasteiger partial charge on any atom is -0.462 e. The Kier molecular flexibility index (Phi) is 46.8. The first-order valence-electron chi connectivity index (χ1n) is 26.1. The van der Waals surface area contributed by atoms with E-state index in [-0.39, 0.29) is 19.4 Å². The van der Waals surface area contributed by atoms with E-state index < -0.39 is 32.5 Å². The van der Waals surface area contributed by atoms with Gasteiger partial charge in [0, 0.05) is 12.8 Å². The van der Waals surface area contributed by atoms with Crippen LogP contribution >= 0.6 is 7.82 Å².